The monoisotopic (exact) mass is 241 g/mol. The van der Waals surface area contributed by atoms with E-state index < -0.39 is 0 Å². The Morgan fingerprint density at radius 3 is 2.50 bits per heavy atom. The largest absolute Gasteiger partial charge is 0.257 e. The van der Waals surface area contributed by atoms with Gasteiger partial charge in [0.15, 0.2) is 0 Å². The third-order valence-corrected chi connectivity index (χ3v) is 4.45. The number of allylic oxidation sites excluding steroid dienone is 2. The topological polar surface area (TPSA) is 12.9 Å². The molecule has 2 aliphatic carbocycles. The first kappa shape index (κ1) is 12.0. The van der Waals surface area contributed by atoms with Gasteiger partial charge in [-0.25, -0.2) is 0 Å². The maximum atomic E-state index is 4.97. The molecule has 1 heterocycles. The summed E-state index contributed by atoms with van der Waals surface area (Å²) in [6.45, 7) is 0. The summed E-state index contributed by atoms with van der Waals surface area (Å²) in [4.78, 5) is 4.97. The normalized spacial score (nSPS) is 25.2. The van der Waals surface area contributed by atoms with E-state index in [0.717, 1.165) is 5.92 Å². The van der Waals surface area contributed by atoms with E-state index in [1.165, 1.54) is 62.8 Å². The molecule has 1 heteroatoms. The molecule has 18 heavy (non-hydrogen) atoms. The first-order valence-electron chi connectivity index (χ1n) is 7.57. The lowest BCUT2D eigenvalue weighted by molar-refractivity contribution is 0.435. The molecule has 1 aromatic heterocycles. The zero-order valence-electron chi connectivity index (χ0n) is 11.1. The van der Waals surface area contributed by atoms with Crippen LogP contribution in [-0.4, -0.2) is 4.98 Å². The van der Waals surface area contributed by atoms with Crippen molar-refractivity contribution in [3.05, 3.63) is 41.7 Å². The second-order valence-electron chi connectivity index (χ2n) is 5.79. The fourth-order valence-electron chi connectivity index (χ4n) is 3.36. The van der Waals surface area contributed by atoms with Gasteiger partial charge in [-0.3, -0.25) is 4.98 Å². The Morgan fingerprint density at radius 2 is 1.72 bits per heavy atom. The van der Waals surface area contributed by atoms with E-state index in [9.17, 15) is 0 Å². The highest BCUT2D eigenvalue weighted by atomic mass is 14.7. The molecule has 0 aliphatic heterocycles. The van der Waals surface area contributed by atoms with Crippen LogP contribution in [0.3, 0.4) is 0 Å². The predicted molar refractivity (Wildman–Crippen MR) is 75.8 cm³/mol. The molecule has 0 amide bonds. The van der Waals surface area contributed by atoms with Crippen LogP contribution in [0.1, 0.15) is 74.6 Å². The molecule has 0 saturated heterocycles. The van der Waals surface area contributed by atoms with Crippen molar-refractivity contribution in [2.45, 2.75) is 63.2 Å². The molecule has 1 atom stereocenters. The first-order valence-corrected chi connectivity index (χ1v) is 7.57. The van der Waals surface area contributed by atoms with Gasteiger partial charge in [-0.1, -0.05) is 37.5 Å². The third kappa shape index (κ3) is 2.66. The third-order valence-electron chi connectivity index (χ3n) is 4.45. The minimum absolute atomic E-state index is 0.572. The summed E-state index contributed by atoms with van der Waals surface area (Å²) in [5.41, 5.74) is 2.65. The van der Waals surface area contributed by atoms with Crippen molar-refractivity contribution in [2.75, 3.05) is 0 Å². The molecule has 1 unspecified atom stereocenters. The number of hydrogen-bond acceptors (Lipinski definition) is 1. The van der Waals surface area contributed by atoms with Crippen molar-refractivity contribution >= 4 is 0 Å². The van der Waals surface area contributed by atoms with E-state index in [1.54, 1.807) is 0 Å². The van der Waals surface area contributed by atoms with Crippen molar-refractivity contribution in [3.63, 3.8) is 0 Å². The standard InChI is InChI=1S/C17H23N/c1-3-8-14(9-4-1)16-12-7-13-17(18-16)15-10-5-2-6-11-15/h3,7-8,12-15H,1-2,4-6,9-11H2. The fourth-order valence-corrected chi connectivity index (χ4v) is 3.36. The highest BCUT2D eigenvalue weighted by molar-refractivity contribution is 5.22. The Kier molecular flexibility index (Phi) is 3.78. The van der Waals surface area contributed by atoms with Gasteiger partial charge in [0.25, 0.3) is 0 Å². The molecule has 96 valence electrons. The number of pyridine rings is 1. The number of nitrogens with zero attached hydrogens (tertiary/aromatic N) is 1. The smallest absolute Gasteiger partial charge is 0.0475 e. The summed E-state index contributed by atoms with van der Waals surface area (Å²) in [5, 5.41) is 0. The summed E-state index contributed by atoms with van der Waals surface area (Å²) >= 11 is 0. The van der Waals surface area contributed by atoms with Gasteiger partial charge in [0.05, 0.1) is 0 Å². The zero-order valence-corrected chi connectivity index (χ0v) is 11.1. The number of rotatable bonds is 2. The average molecular weight is 241 g/mol. The van der Waals surface area contributed by atoms with Gasteiger partial charge in [0.1, 0.15) is 0 Å². The molecule has 3 rings (SSSR count). The van der Waals surface area contributed by atoms with E-state index in [-0.39, 0.29) is 0 Å². The SMILES string of the molecule is C1=CC(c2cccc(C3CCCCC3)n2)CCC1. The van der Waals surface area contributed by atoms with Gasteiger partial charge in [0, 0.05) is 23.2 Å². The summed E-state index contributed by atoms with van der Waals surface area (Å²) in [7, 11) is 0. The Bertz CT molecular complexity index is 415. The molecule has 0 bridgehead atoms. The van der Waals surface area contributed by atoms with Crippen molar-refractivity contribution in [1.29, 1.82) is 0 Å². The van der Waals surface area contributed by atoms with Crippen LogP contribution in [0.5, 0.6) is 0 Å². The minimum atomic E-state index is 0.572. The van der Waals surface area contributed by atoms with Gasteiger partial charge in [-0.15, -0.1) is 0 Å². The van der Waals surface area contributed by atoms with Crippen LogP contribution in [-0.2, 0) is 0 Å². The van der Waals surface area contributed by atoms with Crippen LogP contribution >= 0.6 is 0 Å². The van der Waals surface area contributed by atoms with Crippen LogP contribution in [0.15, 0.2) is 30.4 Å². The van der Waals surface area contributed by atoms with Crippen molar-refractivity contribution in [1.82, 2.24) is 4.98 Å². The number of hydrogen-bond donors (Lipinski definition) is 0. The maximum Gasteiger partial charge on any atom is 0.0475 e. The van der Waals surface area contributed by atoms with E-state index in [4.69, 9.17) is 4.98 Å². The molecule has 1 saturated carbocycles. The molecule has 1 fully saturated rings. The Balaban J connectivity index is 1.79. The second kappa shape index (κ2) is 5.69. The maximum absolute atomic E-state index is 4.97. The van der Waals surface area contributed by atoms with E-state index >= 15 is 0 Å². The quantitative estimate of drug-likeness (QED) is 0.667. The van der Waals surface area contributed by atoms with E-state index in [1.807, 2.05) is 0 Å². The van der Waals surface area contributed by atoms with Crippen LogP contribution < -0.4 is 0 Å². The molecular weight excluding hydrogens is 218 g/mol. The van der Waals surface area contributed by atoms with Crippen LogP contribution in [0, 0.1) is 0 Å². The Morgan fingerprint density at radius 1 is 0.889 bits per heavy atom. The van der Waals surface area contributed by atoms with Gasteiger partial charge in [0.2, 0.25) is 0 Å². The van der Waals surface area contributed by atoms with Gasteiger partial charge in [-0.05, 0) is 44.2 Å². The van der Waals surface area contributed by atoms with E-state index in [0.29, 0.717) is 5.92 Å². The van der Waals surface area contributed by atoms with Gasteiger partial charge >= 0.3 is 0 Å². The first-order chi connectivity index (χ1) is 8.93. The summed E-state index contributed by atoms with van der Waals surface area (Å²) in [5.74, 6) is 1.30. The molecule has 1 aromatic rings. The molecule has 0 spiro atoms. The molecule has 0 radical (unpaired) electrons. The van der Waals surface area contributed by atoms with Crippen LogP contribution in [0.25, 0.3) is 0 Å². The Hall–Kier alpha value is -1.11. The molecule has 0 N–H and O–H groups in total. The van der Waals surface area contributed by atoms with Crippen LogP contribution in [0.2, 0.25) is 0 Å². The summed E-state index contributed by atoms with van der Waals surface area (Å²) in [6.07, 6.45) is 15.4. The van der Waals surface area contributed by atoms with Gasteiger partial charge in [-0.2, -0.15) is 0 Å². The predicted octanol–water partition coefficient (Wildman–Crippen LogP) is 4.95. The van der Waals surface area contributed by atoms with Crippen molar-refractivity contribution < 1.29 is 0 Å². The van der Waals surface area contributed by atoms with Gasteiger partial charge < -0.3 is 0 Å². The highest BCUT2D eigenvalue weighted by Crippen LogP contribution is 2.33. The molecular formula is C17H23N. The lowest BCUT2D eigenvalue weighted by Crippen LogP contribution is -2.09. The second-order valence-corrected chi connectivity index (χ2v) is 5.79. The number of aromatic nitrogens is 1. The molecule has 1 nitrogen and oxygen atoms in total. The lowest BCUT2D eigenvalue weighted by atomic mass is 9.86. The summed E-state index contributed by atoms with van der Waals surface area (Å²) < 4.78 is 0. The molecule has 2 aliphatic rings. The van der Waals surface area contributed by atoms with Crippen molar-refractivity contribution in [2.24, 2.45) is 0 Å². The lowest BCUT2D eigenvalue weighted by Gasteiger charge is -2.23. The summed E-state index contributed by atoms with van der Waals surface area (Å²) in [6, 6.07) is 6.67. The highest BCUT2D eigenvalue weighted by Gasteiger charge is 2.18. The Labute approximate surface area is 110 Å². The average Bonchev–Trinajstić information content (AvgIpc) is 2.49. The van der Waals surface area contributed by atoms with E-state index in [2.05, 4.69) is 30.4 Å². The van der Waals surface area contributed by atoms with Crippen LogP contribution in [0.4, 0.5) is 0 Å². The fraction of sp³-hybridized carbons (Fsp3) is 0.588. The van der Waals surface area contributed by atoms with Crippen molar-refractivity contribution in [3.8, 4) is 0 Å². The zero-order chi connectivity index (χ0) is 12.2. The molecule has 0 aromatic carbocycles. The minimum Gasteiger partial charge on any atom is -0.257 e.